The minimum Gasteiger partial charge on any atom is -0.326 e. The van der Waals surface area contributed by atoms with Crippen LogP contribution in [0.1, 0.15) is 26.7 Å². The lowest BCUT2D eigenvalue weighted by molar-refractivity contribution is 0.532. The van der Waals surface area contributed by atoms with Crippen LogP contribution in [0.5, 0.6) is 0 Å². The first kappa shape index (κ1) is 9.99. The molecule has 0 radical (unpaired) electrons. The molecule has 2 atom stereocenters. The second kappa shape index (κ2) is 3.34. The zero-order valence-corrected chi connectivity index (χ0v) is 8.47. The smallest absolute Gasteiger partial charge is 0.154 e. The van der Waals surface area contributed by atoms with Crippen LogP contribution in [0.15, 0.2) is 0 Å². The van der Waals surface area contributed by atoms with E-state index in [1.807, 2.05) is 0 Å². The van der Waals surface area contributed by atoms with Gasteiger partial charge in [0.1, 0.15) is 0 Å². The minimum atomic E-state index is -2.93. The van der Waals surface area contributed by atoms with Crippen LogP contribution in [-0.4, -0.2) is 25.5 Å². The van der Waals surface area contributed by atoms with Crippen molar-refractivity contribution in [3.05, 3.63) is 0 Å². The average Bonchev–Trinajstić information content (AvgIpc) is 2.84. The van der Waals surface area contributed by atoms with Gasteiger partial charge in [-0.2, -0.15) is 0 Å². The quantitative estimate of drug-likeness (QED) is 0.706. The normalized spacial score (nSPS) is 23.6. The second-order valence-electron chi connectivity index (χ2n) is 3.57. The van der Waals surface area contributed by atoms with E-state index in [4.69, 9.17) is 5.73 Å². The Hall–Kier alpha value is -0.0900. The molecule has 0 aromatic rings. The molecular formula is C8H17NO2S. The summed E-state index contributed by atoms with van der Waals surface area (Å²) in [6.07, 6.45) is 2.20. The predicted molar refractivity (Wildman–Crippen MR) is 49.6 cm³/mol. The van der Waals surface area contributed by atoms with E-state index in [9.17, 15) is 8.42 Å². The van der Waals surface area contributed by atoms with E-state index < -0.39 is 9.84 Å². The van der Waals surface area contributed by atoms with Gasteiger partial charge in [0.25, 0.3) is 0 Å². The van der Waals surface area contributed by atoms with Crippen LogP contribution in [0, 0.1) is 5.92 Å². The lowest BCUT2D eigenvalue weighted by atomic mass is 10.1. The molecule has 1 saturated carbocycles. The number of nitrogens with two attached hydrogens (primary N) is 1. The van der Waals surface area contributed by atoms with Crippen LogP contribution in [-0.2, 0) is 9.84 Å². The predicted octanol–water partition coefficient (Wildman–Crippen LogP) is 0.547. The van der Waals surface area contributed by atoms with Crippen LogP contribution in [0.2, 0.25) is 0 Å². The SMILES string of the molecule is CCS(=O)(=O)[C@@H](C)[C@@H](N)C1CC1. The standard InChI is InChI=1S/C8H17NO2S/c1-3-12(10,11)6(2)8(9)7-4-5-7/h6-8H,3-5,9H2,1-2H3/t6-,8+/m0/s1. The van der Waals surface area contributed by atoms with Crippen molar-refractivity contribution in [3.63, 3.8) is 0 Å². The van der Waals surface area contributed by atoms with Gasteiger partial charge in [0.05, 0.1) is 5.25 Å². The van der Waals surface area contributed by atoms with Crippen molar-refractivity contribution in [2.24, 2.45) is 11.7 Å². The van der Waals surface area contributed by atoms with Gasteiger partial charge in [-0.1, -0.05) is 6.92 Å². The molecule has 4 heteroatoms. The van der Waals surface area contributed by atoms with E-state index in [-0.39, 0.29) is 17.0 Å². The van der Waals surface area contributed by atoms with Gasteiger partial charge in [-0.25, -0.2) is 8.42 Å². The molecule has 12 heavy (non-hydrogen) atoms. The lowest BCUT2D eigenvalue weighted by Crippen LogP contribution is -2.40. The highest BCUT2D eigenvalue weighted by Gasteiger charge is 2.36. The van der Waals surface area contributed by atoms with Crippen molar-refractivity contribution in [1.29, 1.82) is 0 Å². The Kier molecular flexibility index (Phi) is 2.78. The first-order valence-electron chi connectivity index (χ1n) is 4.46. The maximum absolute atomic E-state index is 11.4. The third kappa shape index (κ3) is 1.98. The molecule has 0 saturated heterocycles. The second-order valence-corrected chi connectivity index (χ2v) is 6.22. The van der Waals surface area contributed by atoms with Gasteiger partial charge in [0.15, 0.2) is 9.84 Å². The molecule has 0 unspecified atom stereocenters. The van der Waals surface area contributed by atoms with E-state index in [0.717, 1.165) is 12.8 Å². The highest BCUT2D eigenvalue weighted by molar-refractivity contribution is 7.92. The molecule has 0 aliphatic heterocycles. The van der Waals surface area contributed by atoms with Gasteiger partial charge in [-0.15, -0.1) is 0 Å². The minimum absolute atomic E-state index is 0.144. The summed E-state index contributed by atoms with van der Waals surface area (Å²) >= 11 is 0. The van der Waals surface area contributed by atoms with Crippen LogP contribution in [0.4, 0.5) is 0 Å². The number of sulfone groups is 1. The summed E-state index contributed by atoms with van der Waals surface area (Å²) in [6, 6.07) is -0.144. The van der Waals surface area contributed by atoms with Crippen molar-refractivity contribution in [3.8, 4) is 0 Å². The van der Waals surface area contributed by atoms with E-state index in [1.165, 1.54) is 0 Å². The monoisotopic (exact) mass is 191 g/mol. The molecule has 1 aliphatic rings. The van der Waals surface area contributed by atoms with Crippen LogP contribution >= 0.6 is 0 Å². The molecular weight excluding hydrogens is 174 g/mol. The Morgan fingerprint density at radius 2 is 2.00 bits per heavy atom. The highest BCUT2D eigenvalue weighted by Crippen LogP contribution is 2.34. The summed E-state index contributed by atoms with van der Waals surface area (Å²) in [6.45, 7) is 3.40. The summed E-state index contributed by atoms with van der Waals surface area (Å²) in [5, 5.41) is -0.366. The van der Waals surface area contributed by atoms with E-state index in [2.05, 4.69) is 0 Å². The summed E-state index contributed by atoms with van der Waals surface area (Å²) in [7, 11) is -2.93. The molecule has 0 aromatic heterocycles. The highest BCUT2D eigenvalue weighted by atomic mass is 32.2. The maximum atomic E-state index is 11.4. The summed E-state index contributed by atoms with van der Waals surface area (Å²) in [4.78, 5) is 0. The van der Waals surface area contributed by atoms with Crippen LogP contribution in [0.25, 0.3) is 0 Å². The molecule has 72 valence electrons. The van der Waals surface area contributed by atoms with Gasteiger partial charge in [-0.05, 0) is 25.7 Å². The first-order valence-corrected chi connectivity index (χ1v) is 6.17. The Labute approximate surface area is 74.3 Å². The molecule has 1 rings (SSSR count). The topological polar surface area (TPSA) is 60.2 Å². The van der Waals surface area contributed by atoms with Crippen molar-refractivity contribution in [1.82, 2.24) is 0 Å². The van der Waals surface area contributed by atoms with Crippen LogP contribution < -0.4 is 5.73 Å². The zero-order chi connectivity index (χ0) is 9.35. The number of hydrogen-bond donors (Lipinski definition) is 1. The summed E-state index contributed by atoms with van der Waals surface area (Å²) < 4.78 is 22.8. The summed E-state index contributed by atoms with van der Waals surface area (Å²) in [5.41, 5.74) is 5.81. The van der Waals surface area contributed by atoms with Gasteiger partial charge in [-0.3, -0.25) is 0 Å². The Morgan fingerprint density at radius 3 is 2.33 bits per heavy atom. The zero-order valence-electron chi connectivity index (χ0n) is 7.66. The van der Waals surface area contributed by atoms with Crippen molar-refractivity contribution >= 4 is 9.84 Å². The van der Waals surface area contributed by atoms with Crippen molar-refractivity contribution in [2.75, 3.05) is 5.75 Å². The fourth-order valence-electron chi connectivity index (χ4n) is 1.37. The molecule has 0 spiro atoms. The van der Waals surface area contributed by atoms with Gasteiger partial charge in [0, 0.05) is 11.8 Å². The van der Waals surface area contributed by atoms with Crippen LogP contribution in [0.3, 0.4) is 0 Å². The number of rotatable bonds is 4. The van der Waals surface area contributed by atoms with Gasteiger partial charge in [0.2, 0.25) is 0 Å². The lowest BCUT2D eigenvalue weighted by Gasteiger charge is -2.18. The molecule has 0 amide bonds. The molecule has 1 aliphatic carbocycles. The fraction of sp³-hybridized carbons (Fsp3) is 1.00. The molecule has 0 aromatic carbocycles. The maximum Gasteiger partial charge on any atom is 0.154 e. The Morgan fingerprint density at radius 1 is 1.50 bits per heavy atom. The van der Waals surface area contributed by atoms with Gasteiger partial charge < -0.3 is 5.73 Å². The number of hydrogen-bond acceptors (Lipinski definition) is 3. The summed E-state index contributed by atoms with van der Waals surface area (Å²) in [5.74, 6) is 0.663. The molecule has 0 bridgehead atoms. The van der Waals surface area contributed by atoms with Crippen molar-refractivity contribution < 1.29 is 8.42 Å². The van der Waals surface area contributed by atoms with Crippen molar-refractivity contribution in [2.45, 2.75) is 38.0 Å². The molecule has 1 fully saturated rings. The van der Waals surface area contributed by atoms with Gasteiger partial charge >= 0.3 is 0 Å². The van der Waals surface area contributed by atoms with E-state index in [1.54, 1.807) is 13.8 Å². The third-order valence-corrected chi connectivity index (χ3v) is 4.93. The average molecular weight is 191 g/mol. The Bertz CT molecular complexity index is 244. The Balaban J connectivity index is 2.62. The van der Waals surface area contributed by atoms with E-state index in [0.29, 0.717) is 5.92 Å². The fourth-order valence-corrected chi connectivity index (χ4v) is 2.59. The largest absolute Gasteiger partial charge is 0.326 e. The third-order valence-electron chi connectivity index (χ3n) is 2.68. The molecule has 0 heterocycles. The molecule has 2 N–H and O–H groups in total. The van der Waals surface area contributed by atoms with E-state index >= 15 is 0 Å². The molecule has 3 nitrogen and oxygen atoms in total. The first-order chi connectivity index (χ1) is 5.49.